The van der Waals surface area contributed by atoms with Crippen LogP contribution in [0.4, 0.5) is 0 Å². The number of carboxylic acid groups (broad SMARTS) is 1. The van der Waals surface area contributed by atoms with Gasteiger partial charge in [-0.15, -0.1) is 6.58 Å². The Morgan fingerprint density at radius 2 is 2.36 bits per heavy atom. The van der Waals surface area contributed by atoms with E-state index in [-0.39, 0.29) is 6.61 Å². The van der Waals surface area contributed by atoms with Gasteiger partial charge in [0.2, 0.25) is 0 Å². The van der Waals surface area contributed by atoms with Gasteiger partial charge in [-0.1, -0.05) is 6.08 Å². The second kappa shape index (κ2) is 4.13. The molecule has 64 valence electrons. The van der Waals surface area contributed by atoms with Crippen LogP contribution in [0.2, 0.25) is 0 Å². The van der Waals surface area contributed by atoms with Gasteiger partial charge in [0.1, 0.15) is 5.41 Å². The number of aliphatic carboxylic acids is 1. The van der Waals surface area contributed by atoms with Crippen molar-refractivity contribution in [2.45, 2.75) is 13.8 Å². The third-order valence-electron chi connectivity index (χ3n) is 1.55. The molecular formula is C8H14O3. The van der Waals surface area contributed by atoms with Crippen LogP contribution in [0, 0.1) is 5.41 Å². The molecule has 0 fully saturated rings. The molecule has 0 amide bonds. The normalized spacial score (nSPS) is 15.5. The zero-order valence-electron chi connectivity index (χ0n) is 6.96. The Balaban J connectivity index is 4.10. The monoisotopic (exact) mass is 158 g/mol. The van der Waals surface area contributed by atoms with Crippen LogP contribution < -0.4 is 0 Å². The van der Waals surface area contributed by atoms with Gasteiger partial charge in [-0.25, -0.2) is 0 Å². The lowest BCUT2D eigenvalue weighted by molar-refractivity contribution is -0.148. The van der Waals surface area contributed by atoms with E-state index in [2.05, 4.69) is 6.58 Å². The molecule has 0 aliphatic heterocycles. The number of hydrogen-bond acceptors (Lipinski definition) is 2. The van der Waals surface area contributed by atoms with Gasteiger partial charge < -0.3 is 9.84 Å². The van der Waals surface area contributed by atoms with Crippen molar-refractivity contribution in [3.05, 3.63) is 12.7 Å². The highest BCUT2D eigenvalue weighted by molar-refractivity contribution is 5.76. The van der Waals surface area contributed by atoms with Crippen LogP contribution in [0.3, 0.4) is 0 Å². The summed E-state index contributed by atoms with van der Waals surface area (Å²) in [5, 5.41) is 8.71. The van der Waals surface area contributed by atoms with Gasteiger partial charge in [0.25, 0.3) is 0 Å². The predicted molar refractivity (Wildman–Crippen MR) is 42.4 cm³/mol. The van der Waals surface area contributed by atoms with Gasteiger partial charge in [-0.3, -0.25) is 4.79 Å². The second-order valence-corrected chi connectivity index (χ2v) is 2.56. The SMILES string of the molecule is C=CC(C)(COCC)C(=O)O. The molecule has 1 N–H and O–H groups in total. The van der Waals surface area contributed by atoms with E-state index in [4.69, 9.17) is 9.84 Å². The largest absolute Gasteiger partial charge is 0.481 e. The van der Waals surface area contributed by atoms with Crippen LogP contribution in [0.1, 0.15) is 13.8 Å². The van der Waals surface area contributed by atoms with E-state index in [9.17, 15) is 4.79 Å². The lowest BCUT2D eigenvalue weighted by Crippen LogP contribution is -2.30. The molecule has 3 heteroatoms. The van der Waals surface area contributed by atoms with E-state index in [1.54, 1.807) is 6.92 Å². The average Bonchev–Trinajstić information content (AvgIpc) is 2.00. The third-order valence-corrected chi connectivity index (χ3v) is 1.55. The van der Waals surface area contributed by atoms with Crippen LogP contribution in [0.25, 0.3) is 0 Å². The maximum absolute atomic E-state index is 10.6. The number of carboxylic acids is 1. The molecule has 0 heterocycles. The molecule has 3 nitrogen and oxygen atoms in total. The highest BCUT2D eigenvalue weighted by Crippen LogP contribution is 2.17. The molecule has 0 rings (SSSR count). The smallest absolute Gasteiger partial charge is 0.315 e. The minimum Gasteiger partial charge on any atom is -0.481 e. The summed E-state index contributed by atoms with van der Waals surface area (Å²) in [7, 11) is 0. The van der Waals surface area contributed by atoms with E-state index in [1.807, 2.05) is 6.92 Å². The van der Waals surface area contributed by atoms with Crippen molar-refractivity contribution in [1.29, 1.82) is 0 Å². The van der Waals surface area contributed by atoms with E-state index >= 15 is 0 Å². The minimum atomic E-state index is -0.948. The van der Waals surface area contributed by atoms with Crippen molar-refractivity contribution in [3.8, 4) is 0 Å². The summed E-state index contributed by atoms with van der Waals surface area (Å²) in [5.74, 6) is -0.902. The zero-order chi connectivity index (χ0) is 8.91. The first kappa shape index (κ1) is 10.2. The zero-order valence-corrected chi connectivity index (χ0v) is 6.96. The molecule has 1 unspecified atom stereocenters. The summed E-state index contributed by atoms with van der Waals surface area (Å²) in [6, 6.07) is 0. The lowest BCUT2D eigenvalue weighted by Gasteiger charge is -2.19. The number of ether oxygens (including phenoxy) is 1. The van der Waals surface area contributed by atoms with Gasteiger partial charge in [-0.2, -0.15) is 0 Å². The highest BCUT2D eigenvalue weighted by atomic mass is 16.5. The first-order valence-electron chi connectivity index (χ1n) is 3.51. The van der Waals surface area contributed by atoms with Crippen LogP contribution in [-0.2, 0) is 9.53 Å². The van der Waals surface area contributed by atoms with E-state index < -0.39 is 11.4 Å². The van der Waals surface area contributed by atoms with Crippen molar-refractivity contribution in [2.24, 2.45) is 5.41 Å². The quantitative estimate of drug-likeness (QED) is 0.613. The Kier molecular flexibility index (Phi) is 3.82. The molecule has 11 heavy (non-hydrogen) atoms. The Bertz CT molecular complexity index is 153. The molecule has 0 saturated heterocycles. The van der Waals surface area contributed by atoms with Crippen LogP contribution in [-0.4, -0.2) is 24.3 Å². The minimum absolute atomic E-state index is 0.183. The highest BCUT2D eigenvalue weighted by Gasteiger charge is 2.29. The molecule has 0 aromatic heterocycles. The molecule has 0 aliphatic carbocycles. The standard InChI is InChI=1S/C8H14O3/c1-4-8(3,7(9)10)6-11-5-2/h4H,1,5-6H2,2-3H3,(H,9,10). The Labute approximate surface area is 66.7 Å². The second-order valence-electron chi connectivity index (χ2n) is 2.56. The summed E-state index contributed by atoms with van der Waals surface area (Å²) in [6.07, 6.45) is 1.39. The first-order valence-corrected chi connectivity index (χ1v) is 3.51. The van der Waals surface area contributed by atoms with Gasteiger partial charge in [-0.05, 0) is 13.8 Å². The van der Waals surface area contributed by atoms with Gasteiger partial charge in [0.15, 0.2) is 0 Å². The van der Waals surface area contributed by atoms with E-state index in [1.165, 1.54) is 6.08 Å². The summed E-state index contributed by atoms with van der Waals surface area (Å²) >= 11 is 0. The molecule has 0 saturated carbocycles. The fourth-order valence-electron chi connectivity index (χ4n) is 0.522. The Morgan fingerprint density at radius 1 is 1.82 bits per heavy atom. The van der Waals surface area contributed by atoms with Crippen LogP contribution in [0.15, 0.2) is 12.7 Å². The van der Waals surface area contributed by atoms with Crippen molar-refractivity contribution in [2.75, 3.05) is 13.2 Å². The van der Waals surface area contributed by atoms with Crippen molar-refractivity contribution >= 4 is 5.97 Å². The summed E-state index contributed by atoms with van der Waals surface area (Å²) < 4.78 is 5.00. The number of hydrogen-bond donors (Lipinski definition) is 1. The van der Waals surface area contributed by atoms with Crippen molar-refractivity contribution in [1.82, 2.24) is 0 Å². The molecule has 0 aromatic carbocycles. The Morgan fingerprint density at radius 3 is 2.64 bits per heavy atom. The van der Waals surface area contributed by atoms with Crippen molar-refractivity contribution < 1.29 is 14.6 Å². The summed E-state index contributed by atoms with van der Waals surface area (Å²) in [6.45, 7) is 7.56. The van der Waals surface area contributed by atoms with Crippen molar-refractivity contribution in [3.63, 3.8) is 0 Å². The summed E-state index contributed by atoms with van der Waals surface area (Å²) in [4.78, 5) is 10.6. The molecule has 0 bridgehead atoms. The number of carbonyl (C=O) groups is 1. The van der Waals surface area contributed by atoms with E-state index in [0.717, 1.165) is 0 Å². The topological polar surface area (TPSA) is 46.5 Å². The fourth-order valence-corrected chi connectivity index (χ4v) is 0.522. The fraction of sp³-hybridized carbons (Fsp3) is 0.625. The Hall–Kier alpha value is -0.830. The van der Waals surface area contributed by atoms with Crippen LogP contribution in [0.5, 0.6) is 0 Å². The maximum atomic E-state index is 10.6. The molecule has 0 radical (unpaired) electrons. The molecule has 0 aromatic rings. The van der Waals surface area contributed by atoms with E-state index in [0.29, 0.717) is 6.61 Å². The molecular weight excluding hydrogens is 144 g/mol. The molecule has 1 atom stereocenters. The van der Waals surface area contributed by atoms with Gasteiger partial charge >= 0.3 is 5.97 Å². The van der Waals surface area contributed by atoms with Gasteiger partial charge in [0.05, 0.1) is 6.61 Å². The maximum Gasteiger partial charge on any atom is 0.315 e. The summed E-state index contributed by atoms with van der Waals surface area (Å²) in [5.41, 5.74) is -0.948. The third kappa shape index (κ3) is 2.72. The predicted octanol–water partition coefficient (Wildman–Crippen LogP) is 1.30. The molecule has 0 aliphatic rings. The first-order chi connectivity index (χ1) is 5.06. The molecule has 0 spiro atoms. The number of rotatable bonds is 5. The van der Waals surface area contributed by atoms with Gasteiger partial charge in [0, 0.05) is 6.61 Å². The van der Waals surface area contributed by atoms with Crippen LogP contribution >= 0.6 is 0 Å². The average molecular weight is 158 g/mol. The lowest BCUT2D eigenvalue weighted by atomic mass is 9.92.